The van der Waals surface area contributed by atoms with Crippen molar-refractivity contribution in [1.82, 2.24) is 5.32 Å². The van der Waals surface area contributed by atoms with E-state index in [1.807, 2.05) is 32.9 Å². The van der Waals surface area contributed by atoms with Crippen LogP contribution in [0.25, 0.3) is 0 Å². The van der Waals surface area contributed by atoms with E-state index in [0.717, 1.165) is 5.56 Å². The molecule has 110 valence electrons. The Hall–Kier alpha value is -1.68. The Morgan fingerprint density at radius 3 is 2.35 bits per heavy atom. The third kappa shape index (κ3) is 5.53. The monoisotopic (exact) mass is 278 g/mol. The zero-order valence-electron chi connectivity index (χ0n) is 12.4. The summed E-state index contributed by atoms with van der Waals surface area (Å²) in [5, 5.41) is 2.91. The van der Waals surface area contributed by atoms with Gasteiger partial charge in [-0.15, -0.1) is 0 Å². The van der Waals surface area contributed by atoms with Crippen molar-refractivity contribution in [3.05, 3.63) is 47.3 Å². The van der Waals surface area contributed by atoms with Crippen molar-refractivity contribution in [1.29, 1.82) is 0 Å². The van der Waals surface area contributed by atoms with Gasteiger partial charge in [0.05, 0.1) is 6.33 Å². The van der Waals surface area contributed by atoms with Gasteiger partial charge in [0.1, 0.15) is 0 Å². The van der Waals surface area contributed by atoms with E-state index in [-0.39, 0.29) is 18.0 Å². The van der Waals surface area contributed by atoms with Gasteiger partial charge in [0, 0.05) is 17.6 Å². The zero-order chi connectivity index (χ0) is 15.2. The van der Waals surface area contributed by atoms with Crippen LogP contribution in [0.15, 0.2) is 36.2 Å². The van der Waals surface area contributed by atoms with E-state index in [0.29, 0.717) is 30.3 Å². The van der Waals surface area contributed by atoms with E-state index < -0.39 is 0 Å². The number of aryl methyl sites for hydroxylation is 1. The summed E-state index contributed by atoms with van der Waals surface area (Å²) in [6, 6.07) is 7.36. The van der Waals surface area contributed by atoms with Crippen LogP contribution in [0.1, 0.15) is 43.1 Å². The molecule has 0 bridgehead atoms. The molecule has 0 saturated heterocycles. The first-order valence-electron chi connectivity index (χ1n) is 6.75. The molecule has 0 atom stereocenters. The normalized spacial score (nSPS) is 12.3. The minimum Gasteiger partial charge on any atom is -0.347 e. The topological polar surface area (TPSA) is 55.1 Å². The van der Waals surface area contributed by atoms with Crippen LogP contribution in [0.5, 0.6) is 0 Å². The molecule has 0 fully saturated rings. The number of amides is 1. The fourth-order valence-corrected chi connectivity index (χ4v) is 1.74. The molecule has 0 saturated carbocycles. The summed E-state index contributed by atoms with van der Waals surface area (Å²) in [6.45, 7) is 6.06. The highest BCUT2D eigenvalue weighted by Gasteiger charge is 2.14. The van der Waals surface area contributed by atoms with Crippen molar-refractivity contribution >= 4 is 5.91 Å². The van der Waals surface area contributed by atoms with Crippen LogP contribution < -0.4 is 11.1 Å². The summed E-state index contributed by atoms with van der Waals surface area (Å²) in [5.41, 5.74) is 7.44. The Kier molecular flexibility index (Phi) is 5.89. The van der Waals surface area contributed by atoms with Gasteiger partial charge in [-0.1, -0.05) is 12.1 Å². The molecule has 1 rings (SSSR count). The number of hydrogen-bond acceptors (Lipinski definition) is 2. The molecule has 3 nitrogen and oxygen atoms in total. The summed E-state index contributed by atoms with van der Waals surface area (Å²) < 4.78 is 12.4. The molecule has 0 aliphatic heterocycles. The van der Waals surface area contributed by atoms with Crippen LogP contribution in [0.4, 0.5) is 4.39 Å². The fourth-order valence-electron chi connectivity index (χ4n) is 1.74. The molecule has 0 heterocycles. The summed E-state index contributed by atoms with van der Waals surface area (Å²) in [4.78, 5) is 11.9. The molecule has 0 radical (unpaired) electrons. The standard InChI is InChI=1S/C16H23FN2O/c1-16(2,3)19-15(20)14-8-6-12(7-9-14)4-5-13(10-17)11-18/h6-10H,4-5,11,18H2,1-3H3,(H,19,20)/b13-10+. The third-order valence-electron chi connectivity index (χ3n) is 2.86. The van der Waals surface area contributed by atoms with Gasteiger partial charge in [0.25, 0.3) is 5.91 Å². The van der Waals surface area contributed by atoms with Crippen LogP contribution in [-0.2, 0) is 6.42 Å². The number of hydrogen-bond donors (Lipinski definition) is 2. The molecular weight excluding hydrogens is 255 g/mol. The quantitative estimate of drug-likeness (QED) is 0.870. The average Bonchev–Trinajstić information content (AvgIpc) is 2.38. The molecule has 0 unspecified atom stereocenters. The number of benzene rings is 1. The van der Waals surface area contributed by atoms with Gasteiger partial charge in [0.2, 0.25) is 0 Å². The second-order valence-corrected chi connectivity index (χ2v) is 5.87. The molecule has 20 heavy (non-hydrogen) atoms. The van der Waals surface area contributed by atoms with Crippen LogP contribution >= 0.6 is 0 Å². The smallest absolute Gasteiger partial charge is 0.251 e. The number of nitrogens with one attached hydrogen (secondary N) is 1. The highest BCUT2D eigenvalue weighted by Crippen LogP contribution is 2.11. The SMILES string of the molecule is CC(C)(C)NC(=O)c1ccc(CC/C(=C\F)CN)cc1. The molecule has 0 aromatic heterocycles. The Morgan fingerprint density at radius 2 is 1.90 bits per heavy atom. The lowest BCUT2D eigenvalue weighted by Crippen LogP contribution is -2.40. The summed E-state index contributed by atoms with van der Waals surface area (Å²) in [7, 11) is 0. The summed E-state index contributed by atoms with van der Waals surface area (Å²) >= 11 is 0. The molecule has 0 spiro atoms. The Morgan fingerprint density at radius 1 is 1.30 bits per heavy atom. The van der Waals surface area contributed by atoms with E-state index in [2.05, 4.69) is 5.32 Å². The average molecular weight is 278 g/mol. The first-order valence-corrected chi connectivity index (χ1v) is 6.75. The Labute approximate surface area is 120 Å². The van der Waals surface area contributed by atoms with E-state index in [1.165, 1.54) is 0 Å². The predicted octanol–water partition coefficient (Wildman–Crippen LogP) is 2.96. The molecule has 3 N–H and O–H groups in total. The number of carbonyl (C=O) groups excluding carboxylic acids is 1. The van der Waals surface area contributed by atoms with Crippen LogP contribution in [-0.4, -0.2) is 18.0 Å². The molecule has 0 aliphatic rings. The lowest BCUT2D eigenvalue weighted by Gasteiger charge is -2.20. The Balaban J connectivity index is 2.63. The first kappa shape index (κ1) is 16.4. The molecule has 1 amide bonds. The van der Waals surface area contributed by atoms with Gasteiger partial charge >= 0.3 is 0 Å². The summed E-state index contributed by atoms with van der Waals surface area (Å²) in [6.07, 6.45) is 1.89. The first-order chi connectivity index (χ1) is 9.35. The van der Waals surface area contributed by atoms with Gasteiger partial charge in [-0.05, 0) is 56.9 Å². The maximum absolute atomic E-state index is 12.4. The van der Waals surface area contributed by atoms with Gasteiger partial charge < -0.3 is 11.1 Å². The summed E-state index contributed by atoms with van der Waals surface area (Å²) in [5.74, 6) is -0.0876. The Bertz CT molecular complexity index is 472. The van der Waals surface area contributed by atoms with Crippen LogP contribution in [0.3, 0.4) is 0 Å². The van der Waals surface area contributed by atoms with Crippen molar-refractivity contribution in [3.8, 4) is 0 Å². The van der Waals surface area contributed by atoms with Gasteiger partial charge in [-0.3, -0.25) is 4.79 Å². The molecule has 0 aliphatic carbocycles. The number of carbonyl (C=O) groups is 1. The van der Waals surface area contributed by atoms with E-state index in [1.54, 1.807) is 12.1 Å². The minimum absolute atomic E-state index is 0.0876. The number of nitrogens with two attached hydrogens (primary N) is 1. The van der Waals surface area contributed by atoms with Crippen molar-refractivity contribution in [2.45, 2.75) is 39.2 Å². The maximum Gasteiger partial charge on any atom is 0.251 e. The maximum atomic E-state index is 12.4. The van der Waals surface area contributed by atoms with Crippen LogP contribution in [0.2, 0.25) is 0 Å². The highest BCUT2D eigenvalue weighted by atomic mass is 19.1. The zero-order valence-corrected chi connectivity index (χ0v) is 12.4. The van der Waals surface area contributed by atoms with E-state index >= 15 is 0 Å². The van der Waals surface area contributed by atoms with Crippen molar-refractivity contribution < 1.29 is 9.18 Å². The fraction of sp³-hybridized carbons (Fsp3) is 0.438. The predicted molar refractivity (Wildman–Crippen MR) is 80.2 cm³/mol. The number of halogens is 1. The minimum atomic E-state index is -0.252. The van der Waals surface area contributed by atoms with Gasteiger partial charge in [-0.2, -0.15) is 0 Å². The molecule has 1 aromatic carbocycles. The lowest BCUT2D eigenvalue weighted by atomic mass is 10.0. The molecular formula is C16H23FN2O. The second kappa shape index (κ2) is 7.20. The largest absolute Gasteiger partial charge is 0.347 e. The van der Waals surface area contributed by atoms with Crippen LogP contribution in [0, 0.1) is 0 Å². The van der Waals surface area contributed by atoms with Crippen molar-refractivity contribution in [2.24, 2.45) is 5.73 Å². The molecule has 4 heteroatoms. The van der Waals surface area contributed by atoms with E-state index in [4.69, 9.17) is 5.73 Å². The third-order valence-corrected chi connectivity index (χ3v) is 2.86. The van der Waals surface area contributed by atoms with Gasteiger partial charge in [-0.25, -0.2) is 4.39 Å². The second-order valence-electron chi connectivity index (χ2n) is 5.87. The van der Waals surface area contributed by atoms with Crippen molar-refractivity contribution in [2.75, 3.05) is 6.54 Å². The number of rotatable bonds is 5. The molecule has 1 aromatic rings. The lowest BCUT2D eigenvalue weighted by molar-refractivity contribution is 0.0919. The van der Waals surface area contributed by atoms with E-state index in [9.17, 15) is 9.18 Å². The highest BCUT2D eigenvalue weighted by molar-refractivity contribution is 5.94. The van der Waals surface area contributed by atoms with Gasteiger partial charge in [0.15, 0.2) is 0 Å². The van der Waals surface area contributed by atoms with Crippen molar-refractivity contribution in [3.63, 3.8) is 0 Å².